The first-order valence-corrected chi connectivity index (χ1v) is 13.6. The highest BCUT2D eigenvalue weighted by atomic mass is 35.5. The monoisotopic (exact) mass is 553 g/mol. The predicted octanol–water partition coefficient (Wildman–Crippen LogP) is 4.63. The Morgan fingerprint density at radius 2 is 1.79 bits per heavy atom. The number of halogens is 2. The lowest BCUT2D eigenvalue weighted by molar-refractivity contribution is -0.116. The van der Waals surface area contributed by atoms with Crippen molar-refractivity contribution in [2.75, 3.05) is 11.6 Å². The van der Waals surface area contributed by atoms with Crippen LogP contribution < -0.4 is 9.50 Å². The van der Waals surface area contributed by atoms with Crippen LogP contribution in [0.1, 0.15) is 35.2 Å². The number of benzene rings is 3. The minimum Gasteiger partial charge on any atom is -0.383 e. The van der Waals surface area contributed by atoms with Gasteiger partial charge in [-0.25, -0.2) is 4.39 Å². The van der Waals surface area contributed by atoms with E-state index in [1.807, 2.05) is 0 Å². The molecule has 0 saturated carbocycles. The lowest BCUT2D eigenvalue weighted by Crippen LogP contribution is -2.17. The lowest BCUT2D eigenvalue weighted by atomic mass is 10.00. The SMILES string of the molecule is Cc1nnc2n1-c1ccc(OS(C)(=O)=O)cc1C(c1ccc(Cl)cc1)=N[C@H]2CC(=O)Nc1ccc(F)cc1. The number of rotatable bonds is 6. The van der Waals surface area contributed by atoms with E-state index in [1.54, 1.807) is 47.9 Å². The van der Waals surface area contributed by atoms with Crippen molar-refractivity contribution in [1.82, 2.24) is 14.8 Å². The van der Waals surface area contributed by atoms with Crippen LogP contribution in [0.15, 0.2) is 71.7 Å². The molecule has 0 bridgehead atoms. The Morgan fingerprint density at radius 1 is 1.08 bits per heavy atom. The molecule has 1 amide bonds. The van der Waals surface area contributed by atoms with E-state index in [1.165, 1.54) is 30.3 Å². The quantitative estimate of drug-likeness (QED) is 0.348. The van der Waals surface area contributed by atoms with E-state index in [0.717, 1.165) is 6.26 Å². The number of nitrogens with zero attached hydrogens (tertiary/aromatic N) is 4. The smallest absolute Gasteiger partial charge is 0.306 e. The Morgan fingerprint density at radius 3 is 2.47 bits per heavy atom. The fraction of sp³-hybridized carbons (Fsp3) is 0.154. The number of carbonyl (C=O) groups is 1. The Kier molecular flexibility index (Phi) is 6.72. The van der Waals surface area contributed by atoms with Crippen LogP contribution >= 0.6 is 11.6 Å². The molecule has 3 aromatic carbocycles. The summed E-state index contributed by atoms with van der Waals surface area (Å²) in [6.07, 6.45) is 0.873. The van der Waals surface area contributed by atoms with Crippen molar-refractivity contribution in [2.24, 2.45) is 4.99 Å². The van der Waals surface area contributed by atoms with Crippen LogP contribution in [0.4, 0.5) is 10.1 Å². The highest BCUT2D eigenvalue weighted by Gasteiger charge is 2.30. The maximum atomic E-state index is 13.3. The molecular formula is C26H21ClFN5O4S. The molecule has 38 heavy (non-hydrogen) atoms. The summed E-state index contributed by atoms with van der Waals surface area (Å²) in [5.41, 5.74) is 2.81. The third kappa shape index (κ3) is 5.43. The number of amides is 1. The normalized spacial score (nSPS) is 14.6. The second-order valence-corrected chi connectivity index (χ2v) is 10.7. The number of carbonyl (C=O) groups excluding carboxylic acids is 1. The molecule has 1 aliphatic heterocycles. The Labute approximate surface area is 223 Å². The van der Waals surface area contributed by atoms with Gasteiger partial charge in [-0.05, 0) is 61.5 Å². The van der Waals surface area contributed by atoms with Gasteiger partial charge in [-0.2, -0.15) is 8.42 Å². The summed E-state index contributed by atoms with van der Waals surface area (Å²) in [5.74, 6) is 0.311. The number of hydrogen-bond donors (Lipinski definition) is 1. The molecule has 0 unspecified atom stereocenters. The van der Waals surface area contributed by atoms with Gasteiger partial charge in [0.2, 0.25) is 5.91 Å². The van der Waals surface area contributed by atoms with Crippen LogP contribution in [0.25, 0.3) is 5.69 Å². The molecule has 2 heterocycles. The molecule has 9 nitrogen and oxygen atoms in total. The summed E-state index contributed by atoms with van der Waals surface area (Å²) < 4.78 is 43.9. The highest BCUT2D eigenvalue weighted by Crippen LogP contribution is 2.35. The molecule has 12 heteroatoms. The average Bonchev–Trinajstić information content (AvgIpc) is 3.18. The molecule has 0 fully saturated rings. The molecule has 4 aromatic rings. The number of nitrogens with one attached hydrogen (secondary N) is 1. The highest BCUT2D eigenvalue weighted by molar-refractivity contribution is 7.86. The molecule has 1 aliphatic rings. The molecule has 1 N–H and O–H groups in total. The first-order valence-electron chi connectivity index (χ1n) is 11.4. The van der Waals surface area contributed by atoms with Crippen molar-refractivity contribution in [3.63, 3.8) is 0 Å². The largest absolute Gasteiger partial charge is 0.383 e. The molecule has 1 atom stereocenters. The van der Waals surface area contributed by atoms with Crippen LogP contribution in [0.5, 0.6) is 5.75 Å². The summed E-state index contributed by atoms with van der Waals surface area (Å²) in [6.45, 7) is 1.77. The lowest BCUT2D eigenvalue weighted by Gasteiger charge is -2.14. The molecule has 0 spiro atoms. The van der Waals surface area contributed by atoms with E-state index in [9.17, 15) is 17.6 Å². The zero-order chi connectivity index (χ0) is 27.0. The summed E-state index contributed by atoms with van der Waals surface area (Å²) in [5, 5.41) is 11.8. The fourth-order valence-corrected chi connectivity index (χ4v) is 4.78. The van der Waals surface area contributed by atoms with Crippen molar-refractivity contribution in [1.29, 1.82) is 0 Å². The number of aliphatic imine (C=N–C) groups is 1. The standard InChI is InChI=1S/C26H21ClFN5O4S/c1-15-31-32-26-22(14-24(34)29-19-9-7-18(28)8-10-19)30-25(16-3-5-17(27)6-4-16)21-13-20(37-38(2,35)36)11-12-23(21)33(15)26/h3-13,22H,14H2,1-2H3,(H,29,34)/t22-/m0/s1. The van der Waals surface area contributed by atoms with Crippen molar-refractivity contribution in [3.05, 3.63) is 100 Å². The van der Waals surface area contributed by atoms with E-state index in [4.69, 9.17) is 20.8 Å². The number of fused-ring (bicyclic) bond motifs is 3. The third-order valence-electron chi connectivity index (χ3n) is 5.77. The van der Waals surface area contributed by atoms with Crippen molar-refractivity contribution >= 4 is 39.0 Å². The molecule has 0 radical (unpaired) electrons. The van der Waals surface area contributed by atoms with Gasteiger partial charge in [0.25, 0.3) is 0 Å². The maximum Gasteiger partial charge on any atom is 0.306 e. The number of aromatic nitrogens is 3. The van der Waals surface area contributed by atoms with Gasteiger partial charge in [0.05, 0.1) is 24.1 Å². The molecule has 0 aliphatic carbocycles. The number of anilines is 1. The number of aryl methyl sites for hydroxylation is 1. The van der Waals surface area contributed by atoms with Gasteiger partial charge < -0.3 is 9.50 Å². The predicted molar refractivity (Wildman–Crippen MR) is 141 cm³/mol. The van der Waals surface area contributed by atoms with Gasteiger partial charge in [0.15, 0.2) is 5.82 Å². The first kappa shape index (κ1) is 25.6. The first-order chi connectivity index (χ1) is 18.1. The van der Waals surface area contributed by atoms with Crippen LogP contribution in [-0.2, 0) is 14.9 Å². The third-order valence-corrected chi connectivity index (χ3v) is 6.52. The zero-order valence-electron chi connectivity index (χ0n) is 20.2. The fourth-order valence-electron chi connectivity index (χ4n) is 4.20. The van der Waals surface area contributed by atoms with Crippen molar-refractivity contribution in [2.45, 2.75) is 19.4 Å². The summed E-state index contributed by atoms with van der Waals surface area (Å²) in [6, 6.07) is 16.5. The maximum absolute atomic E-state index is 13.3. The van der Waals surface area contributed by atoms with Gasteiger partial charge in [-0.1, -0.05) is 23.7 Å². The second kappa shape index (κ2) is 9.99. The molecule has 1 aromatic heterocycles. The van der Waals surface area contributed by atoms with Crippen LogP contribution in [0.3, 0.4) is 0 Å². The van der Waals surface area contributed by atoms with Crippen LogP contribution in [0, 0.1) is 12.7 Å². The van der Waals surface area contributed by atoms with Gasteiger partial charge in [0.1, 0.15) is 23.4 Å². The van der Waals surface area contributed by atoms with Crippen molar-refractivity contribution in [3.8, 4) is 11.4 Å². The topological polar surface area (TPSA) is 116 Å². The van der Waals surface area contributed by atoms with Gasteiger partial charge >= 0.3 is 10.1 Å². The van der Waals surface area contributed by atoms with Gasteiger partial charge in [-0.3, -0.25) is 14.4 Å². The van der Waals surface area contributed by atoms with E-state index in [2.05, 4.69) is 15.5 Å². The Hall–Kier alpha value is -4.09. The summed E-state index contributed by atoms with van der Waals surface area (Å²) in [7, 11) is -3.78. The van der Waals surface area contributed by atoms with Crippen molar-refractivity contribution < 1.29 is 21.8 Å². The number of hydrogen-bond acceptors (Lipinski definition) is 7. The zero-order valence-corrected chi connectivity index (χ0v) is 21.8. The Bertz CT molecular complexity index is 1670. The van der Waals surface area contributed by atoms with E-state index >= 15 is 0 Å². The molecule has 194 valence electrons. The van der Waals surface area contributed by atoms with E-state index in [0.29, 0.717) is 44.9 Å². The average molecular weight is 554 g/mol. The summed E-state index contributed by atoms with van der Waals surface area (Å²) in [4.78, 5) is 18.0. The van der Waals surface area contributed by atoms with Gasteiger partial charge in [-0.15, -0.1) is 10.2 Å². The van der Waals surface area contributed by atoms with E-state index < -0.39 is 22.0 Å². The minimum atomic E-state index is -3.78. The van der Waals surface area contributed by atoms with Crippen LogP contribution in [-0.4, -0.2) is 41.1 Å². The van der Waals surface area contributed by atoms with E-state index in [-0.39, 0.29) is 18.1 Å². The van der Waals surface area contributed by atoms with Crippen LogP contribution in [0.2, 0.25) is 5.02 Å². The molecular weight excluding hydrogens is 533 g/mol. The Balaban J connectivity index is 1.63. The molecule has 5 rings (SSSR count). The summed E-state index contributed by atoms with van der Waals surface area (Å²) >= 11 is 6.12. The second-order valence-electron chi connectivity index (χ2n) is 8.67. The molecule has 0 saturated heterocycles. The van der Waals surface area contributed by atoms with Gasteiger partial charge in [0, 0.05) is 21.8 Å². The minimum absolute atomic E-state index is 0.0900.